The molecule has 2 rings (SSSR count). The molecular formula is C11H18N4O2. The lowest BCUT2D eigenvalue weighted by molar-refractivity contribution is -0.144. The second kappa shape index (κ2) is 4.44. The first-order valence-corrected chi connectivity index (χ1v) is 5.92. The van der Waals surface area contributed by atoms with E-state index < -0.39 is 11.5 Å². The van der Waals surface area contributed by atoms with Gasteiger partial charge in [-0.2, -0.15) is 5.10 Å². The Hall–Kier alpha value is -1.43. The first-order chi connectivity index (χ1) is 8.05. The molecule has 2 heterocycles. The molecule has 6 nitrogen and oxygen atoms in total. The molecule has 1 aromatic rings. The van der Waals surface area contributed by atoms with E-state index in [4.69, 9.17) is 0 Å². The predicted octanol–water partition coefficient (Wildman–Crippen LogP) is 0.608. The number of aliphatic carboxylic acids is 1. The van der Waals surface area contributed by atoms with E-state index in [-0.39, 0.29) is 6.04 Å². The van der Waals surface area contributed by atoms with Crippen molar-refractivity contribution in [2.45, 2.75) is 44.7 Å². The van der Waals surface area contributed by atoms with Crippen molar-refractivity contribution in [1.29, 1.82) is 0 Å². The fraction of sp³-hybridized carbons (Fsp3) is 0.727. The summed E-state index contributed by atoms with van der Waals surface area (Å²) >= 11 is 0. The van der Waals surface area contributed by atoms with Gasteiger partial charge < -0.3 is 10.4 Å². The van der Waals surface area contributed by atoms with E-state index in [1.54, 1.807) is 4.68 Å². The highest BCUT2D eigenvalue weighted by Crippen LogP contribution is 2.24. The molecule has 2 N–H and O–H groups in total. The highest BCUT2D eigenvalue weighted by molar-refractivity contribution is 5.79. The number of carboxylic acid groups (broad SMARTS) is 1. The van der Waals surface area contributed by atoms with E-state index in [1.807, 2.05) is 13.8 Å². The minimum atomic E-state index is -0.861. The Balaban J connectivity index is 2.24. The summed E-state index contributed by atoms with van der Waals surface area (Å²) in [5.74, 6) is -0.0647. The number of hydrogen-bond acceptors (Lipinski definition) is 4. The largest absolute Gasteiger partial charge is 0.480 e. The van der Waals surface area contributed by atoms with Crippen molar-refractivity contribution in [2.75, 3.05) is 6.54 Å². The first kappa shape index (κ1) is 12.0. The number of rotatable bonds is 4. The van der Waals surface area contributed by atoms with Crippen LogP contribution in [-0.4, -0.2) is 37.9 Å². The van der Waals surface area contributed by atoms with Crippen LogP contribution in [0, 0.1) is 0 Å². The highest BCUT2D eigenvalue weighted by Gasteiger charge is 2.42. The average molecular weight is 238 g/mol. The van der Waals surface area contributed by atoms with Gasteiger partial charge in [-0.05, 0) is 33.2 Å². The Bertz CT molecular complexity index is 407. The Morgan fingerprint density at radius 3 is 3.00 bits per heavy atom. The van der Waals surface area contributed by atoms with Crippen molar-refractivity contribution < 1.29 is 9.90 Å². The second-order valence-corrected chi connectivity index (χ2v) is 4.81. The van der Waals surface area contributed by atoms with Crippen molar-refractivity contribution >= 4 is 5.97 Å². The predicted molar refractivity (Wildman–Crippen MR) is 61.7 cm³/mol. The van der Waals surface area contributed by atoms with Crippen LogP contribution in [0.5, 0.6) is 0 Å². The standard InChI is InChI=1S/C11H18N4O2/c1-8(2)15-9(12-7-14-15)6-11(10(16)17)4-3-5-13-11/h7-8,13H,3-6H2,1-2H3,(H,16,17). The zero-order valence-electron chi connectivity index (χ0n) is 10.2. The molecule has 17 heavy (non-hydrogen) atoms. The lowest BCUT2D eigenvalue weighted by atomic mass is 9.93. The lowest BCUT2D eigenvalue weighted by Crippen LogP contribution is -2.50. The second-order valence-electron chi connectivity index (χ2n) is 4.81. The highest BCUT2D eigenvalue weighted by atomic mass is 16.4. The van der Waals surface area contributed by atoms with E-state index >= 15 is 0 Å². The summed E-state index contributed by atoms with van der Waals surface area (Å²) in [5.41, 5.74) is -0.861. The van der Waals surface area contributed by atoms with Crippen LogP contribution in [0.1, 0.15) is 38.6 Å². The van der Waals surface area contributed by atoms with Gasteiger partial charge >= 0.3 is 5.97 Å². The molecular weight excluding hydrogens is 220 g/mol. The van der Waals surface area contributed by atoms with Gasteiger partial charge in [0.2, 0.25) is 0 Å². The maximum absolute atomic E-state index is 11.4. The molecule has 94 valence electrons. The Morgan fingerprint density at radius 1 is 1.71 bits per heavy atom. The van der Waals surface area contributed by atoms with Crippen molar-refractivity contribution in [3.05, 3.63) is 12.2 Å². The number of carboxylic acids is 1. The first-order valence-electron chi connectivity index (χ1n) is 5.92. The number of nitrogens with one attached hydrogen (secondary N) is 1. The topological polar surface area (TPSA) is 80.0 Å². The van der Waals surface area contributed by atoms with Gasteiger partial charge in [-0.25, -0.2) is 9.67 Å². The maximum atomic E-state index is 11.4. The third kappa shape index (κ3) is 2.17. The van der Waals surface area contributed by atoms with Crippen molar-refractivity contribution in [2.24, 2.45) is 0 Å². The average Bonchev–Trinajstić information content (AvgIpc) is 2.87. The maximum Gasteiger partial charge on any atom is 0.324 e. The molecule has 1 aromatic heterocycles. The van der Waals surface area contributed by atoms with E-state index in [0.29, 0.717) is 12.8 Å². The van der Waals surface area contributed by atoms with Gasteiger partial charge in [0.15, 0.2) is 0 Å². The van der Waals surface area contributed by atoms with Crippen LogP contribution in [-0.2, 0) is 11.2 Å². The Morgan fingerprint density at radius 2 is 2.47 bits per heavy atom. The minimum Gasteiger partial charge on any atom is -0.480 e. The van der Waals surface area contributed by atoms with Gasteiger partial charge in [0.05, 0.1) is 0 Å². The molecule has 0 bridgehead atoms. The molecule has 1 fully saturated rings. The molecule has 0 radical (unpaired) electrons. The summed E-state index contributed by atoms with van der Waals surface area (Å²) < 4.78 is 1.78. The summed E-state index contributed by atoms with van der Waals surface area (Å²) in [7, 11) is 0. The fourth-order valence-electron chi connectivity index (χ4n) is 2.32. The molecule has 6 heteroatoms. The van der Waals surface area contributed by atoms with E-state index in [9.17, 15) is 9.90 Å². The van der Waals surface area contributed by atoms with Gasteiger partial charge in [-0.3, -0.25) is 4.79 Å². The van der Waals surface area contributed by atoms with Crippen molar-refractivity contribution in [3.63, 3.8) is 0 Å². The van der Waals surface area contributed by atoms with Crippen LogP contribution >= 0.6 is 0 Å². The molecule has 1 aliphatic rings. The monoisotopic (exact) mass is 238 g/mol. The van der Waals surface area contributed by atoms with Gasteiger partial charge in [0.25, 0.3) is 0 Å². The number of carbonyl (C=O) groups is 1. The summed E-state index contributed by atoms with van der Waals surface area (Å²) in [6.07, 6.45) is 3.41. The number of hydrogen-bond donors (Lipinski definition) is 2. The van der Waals surface area contributed by atoms with Gasteiger partial charge in [-0.15, -0.1) is 0 Å². The van der Waals surface area contributed by atoms with Crippen molar-refractivity contribution in [3.8, 4) is 0 Å². The normalized spacial score (nSPS) is 24.4. The van der Waals surface area contributed by atoms with Crippen LogP contribution in [0.3, 0.4) is 0 Å². The third-order valence-corrected chi connectivity index (χ3v) is 3.25. The van der Waals surface area contributed by atoms with Gasteiger partial charge in [-0.1, -0.05) is 0 Å². The lowest BCUT2D eigenvalue weighted by Gasteiger charge is -2.24. The van der Waals surface area contributed by atoms with E-state index in [0.717, 1.165) is 18.8 Å². The van der Waals surface area contributed by atoms with Crippen LogP contribution in [0.25, 0.3) is 0 Å². The molecule has 1 saturated heterocycles. The molecule has 0 saturated carbocycles. The fourth-order valence-corrected chi connectivity index (χ4v) is 2.32. The third-order valence-electron chi connectivity index (χ3n) is 3.25. The molecule has 1 unspecified atom stereocenters. The molecule has 0 spiro atoms. The van der Waals surface area contributed by atoms with Crippen molar-refractivity contribution in [1.82, 2.24) is 20.1 Å². The van der Waals surface area contributed by atoms with E-state index in [2.05, 4.69) is 15.4 Å². The minimum absolute atomic E-state index is 0.194. The SMILES string of the molecule is CC(C)n1ncnc1CC1(C(=O)O)CCCN1. The molecule has 1 atom stereocenters. The van der Waals surface area contributed by atoms with Crippen LogP contribution in [0.2, 0.25) is 0 Å². The summed E-state index contributed by atoms with van der Waals surface area (Å²) in [6, 6.07) is 0.194. The number of nitrogens with zero attached hydrogens (tertiary/aromatic N) is 3. The summed E-state index contributed by atoms with van der Waals surface area (Å²) in [4.78, 5) is 15.6. The van der Waals surface area contributed by atoms with Crippen LogP contribution in [0.4, 0.5) is 0 Å². The van der Waals surface area contributed by atoms with Crippen LogP contribution < -0.4 is 5.32 Å². The molecule has 0 aliphatic carbocycles. The molecule has 0 aromatic carbocycles. The van der Waals surface area contributed by atoms with E-state index in [1.165, 1.54) is 6.33 Å². The Kier molecular flexibility index (Phi) is 3.15. The zero-order valence-corrected chi connectivity index (χ0v) is 10.2. The van der Waals surface area contributed by atoms with Crippen LogP contribution in [0.15, 0.2) is 6.33 Å². The van der Waals surface area contributed by atoms with Gasteiger partial charge in [0, 0.05) is 12.5 Å². The molecule has 1 aliphatic heterocycles. The number of aromatic nitrogens is 3. The quantitative estimate of drug-likeness (QED) is 0.803. The summed E-state index contributed by atoms with van der Waals surface area (Å²) in [5, 5.41) is 16.6. The zero-order chi connectivity index (χ0) is 12.5. The smallest absolute Gasteiger partial charge is 0.324 e. The molecule has 0 amide bonds. The summed E-state index contributed by atoms with van der Waals surface area (Å²) in [6.45, 7) is 4.77. The Labute approximate surface area is 100 Å². The van der Waals surface area contributed by atoms with Gasteiger partial charge in [0.1, 0.15) is 17.7 Å².